The molecule has 0 amide bonds. The maximum Gasteiger partial charge on any atom is 0.138 e. The molecule has 0 bridgehead atoms. The quantitative estimate of drug-likeness (QED) is 0.664. The molecule has 2 nitrogen and oxygen atoms in total. The van der Waals surface area contributed by atoms with E-state index in [9.17, 15) is 9.90 Å². The third-order valence-electron chi connectivity index (χ3n) is 2.76. The van der Waals surface area contributed by atoms with Gasteiger partial charge in [-0.25, -0.2) is 0 Å². The van der Waals surface area contributed by atoms with Crippen LogP contribution < -0.4 is 0 Å². The minimum atomic E-state index is -0.634. The van der Waals surface area contributed by atoms with Crippen molar-refractivity contribution < 1.29 is 9.90 Å². The summed E-state index contributed by atoms with van der Waals surface area (Å²) in [5.74, 6) is 0.0323. The van der Waals surface area contributed by atoms with E-state index < -0.39 is 6.10 Å². The lowest BCUT2D eigenvalue weighted by molar-refractivity contribution is -0.126. The molecule has 0 aromatic rings. The van der Waals surface area contributed by atoms with Gasteiger partial charge in [0, 0.05) is 12.3 Å². The summed E-state index contributed by atoms with van der Waals surface area (Å²) in [5.41, 5.74) is 0. The van der Waals surface area contributed by atoms with Gasteiger partial charge in [0.15, 0.2) is 0 Å². The van der Waals surface area contributed by atoms with Crippen molar-refractivity contribution in [3.63, 3.8) is 0 Å². The van der Waals surface area contributed by atoms with Crippen LogP contribution in [0.3, 0.4) is 0 Å². The van der Waals surface area contributed by atoms with Crippen LogP contribution in [0.15, 0.2) is 12.7 Å². The number of Topliss-reactive ketones (excluding diaryl/α,β-unsaturated/α-hetero) is 1. The van der Waals surface area contributed by atoms with Gasteiger partial charge in [0.25, 0.3) is 0 Å². The summed E-state index contributed by atoms with van der Waals surface area (Å²) >= 11 is 0. The number of ketones is 1. The molecule has 13 heavy (non-hydrogen) atoms. The van der Waals surface area contributed by atoms with Crippen molar-refractivity contribution in [2.75, 3.05) is 0 Å². The van der Waals surface area contributed by atoms with Gasteiger partial charge in [-0.05, 0) is 12.8 Å². The second kappa shape index (κ2) is 5.18. The second-order valence-corrected chi connectivity index (χ2v) is 3.75. The number of hydrogen-bond donors (Lipinski definition) is 1. The van der Waals surface area contributed by atoms with Gasteiger partial charge in [-0.3, -0.25) is 4.79 Å². The molecule has 1 aliphatic carbocycles. The van der Waals surface area contributed by atoms with Crippen molar-refractivity contribution in [3.8, 4) is 0 Å². The number of carbonyl (C=O) groups is 1. The summed E-state index contributed by atoms with van der Waals surface area (Å²) in [6, 6.07) is 0. The second-order valence-electron chi connectivity index (χ2n) is 3.75. The predicted octanol–water partition coefficient (Wildman–Crippen LogP) is 2.07. The third kappa shape index (κ3) is 2.96. The summed E-state index contributed by atoms with van der Waals surface area (Å²) in [6.07, 6.45) is 6.69. The van der Waals surface area contributed by atoms with Crippen LogP contribution in [-0.2, 0) is 4.79 Å². The van der Waals surface area contributed by atoms with Crippen molar-refractivity contribution in [2.24, 2.45) is 5.92 Å². The highest BCUT2D eigenvalue weighted by molar-refractivity contribution is 5.81. The van der Waals surface area contributed by atoms with E-state index in [0.717, 1.165) is 25.7 Å². The Balaban J connectivity index is 2.55. The van der Waals surface area contributed by atoms with Crippen LogP contribution in [0.2, 0.25) is 0 Å². The van der Waals surface area contributed by atoms with Crippen molar-refractivity contribution in [3.05, 3.63) is 12.7 Å². The van der Waals surface area contributed by atoms with E-state index in [2.05, 4.69) is 6.58 Å². The Morgan fingerprint density at radius 2 is 2.08 bits per heavy atom. The molecule has 1 aliphatic rings. The molecule has 0 aromatic carbocycles. The first-order valence-electron chi connectivity index (χ1n) is 5.09. The van der Waals surface area contributed by atoms with E-state index in [1.54, 1.807) is 0 Å². The lowest BCUT2D eigenvalue weighted by Crippen LogP contribution is -2.27. The lowest BCUT2D eigenvalue weighted by Gasteiger charge is -2.21. The Morgan fingerprint density at radius 1 is 1.38 bits per heavy atom. The Kier molecular flexibility index (Phi) is 4.16. The Morgan fingerprint density at radius 3 is 2.77 bits per heavy atom. The van der Waals surface area contributed by atoms with Gasteiger partial charge in [-0.1, -0.05) is 25.3 Å². The SMILES string of the molecule is C=CC(O)C1CCCCCCC1=O. The number of aliphatic hydroxyl groups excluding tert-OH is 1. The zero-order valence-corrected chi connectivity index (χ0v) is 8.04. The molecule has 74 valence electrons. The van der Waals surface area contributed by atoms with E-state index >= 15 is 0 Å². The van der Waals surface area contributed by atoms with Crippen LogP contribution in [0.4, 0.5) is 0 Å². The minimum absolute atomic E-state index is 0.183. The number of carbonyl (C=O) groups excluding carboxylic acids is 1. The highest BCUT2D eigenvalue weighted by Gasteiger charge is 2.24. The summed E-state index contributed by atoms with van der Waals surface area (Å²) in [5, 5.41) is 9.53. The molecule has 1 fully saturated rings. The summed E-state index contributed by atoms with van der Waals surface area (Å²) in [7, 11) is 0. The fourth-order valence-corrected chi connectivity index (χ4v) is 1.89. The number of hydrogen-bond acceptors (Lipinski definition) is 2. The molecule has 0 aromatic heterocycles. The molecule has 0 spiro atoms. The smallest absolute Gasteiger partial charge is 0.138 e. The van der Waals surface area contributed by atoms with Crippen LogP contribution in [-0.4, -0.2) is 17.0 Å². The van der Waals surface area contributed by atoms with Crippen LogP contribution >= 0.6 is 0 Å². The zero-order valence-electron chi connectivity index (χ0n) is 8.04. The maximum absolute atomic E-state index is 11.6. The van der Waals surface area contributed by atoms with E-state index in [4.69, 9.17) is 0 Å². The van der Waals surface area contributed by atoms with E-state index in [1.807, 2.05) is 0 Å². The molecule has 0 heterocycles. The summed E-state index contributed by atoms with van der Waals surface area (Å²) in [6.45, 7) is 3.52. The lowest BCUT2D eigenvalue weighted by atomic mass is 9.86. The Hall–Kier alpha value is -0.630. The zero-order chi connectivity index (χ0) is 9.68. The molecule has 2 unspecified atom stereocenters. The van der Waals surface area contributed by atoms with E-state index in [-0.39, 0.29) is 11.7 Å². The fraction of sp³-hybridized carbons (Fsp3) is 0.727. The van der Waals surface area contributed by atoms with Crippen LogP contribution in [0.1, 0.15) is 38.5 Å². The molecule has 2 heteroatoms. The molecular formula is C11H18O2. The van der Waals surface area contributed by atoms with Gasteiger partial charge >= 0.3 is 0 Å². The maximum atomic E-state index is 11.6. The summed E-state index contributed by atoms with van der Waals surface area (Å²) in [4.78, 5) is 11.6. The molecule has 0 saturated heterocycles. The molecule has 1 rings (SSSR count). The molecule has 1 saturated carbocycles. The first-order chi connectivity index (χ1) is 6.25. The standard InChI is InChI=1S/C11H18O2/c1-2-10(12)9-7-5-3-4-6-8-11(9)13/h2,9-10,12H,1,3-8H2. The van der Waals surface area contributed by atoms with Crippen molar-refractivity contribution in [1.29, 1.82) is 0 Å². The van der Waals surface area contributed by atoms with Gasteiger partial charge < -0.3 is 5.11 Å². The fourth-order valence-electron chi connectivity index (χ4n) is 1.89. The van der Waals surface area contributed by atoms with Gasteiger partial charge in [0.2, 0.25) is 0 Å². The summed E-state index contributed by atoms with van der Waals surface area (Å²) < 4.78 is 0. The minimum Gasteiger partial charge on any atom is -0.388 e. The van der Waals surface area contributed by atoms with Crippen LogP contribution in [0.25, 0.3) is 0 Å². The largest absolute Gasteiger partial charge is 0.388 e. The molecule has 2 atom stereocenters. The molecule has 1 N–H and O–H groups in total. The van der Waals surface area contributed by atoms with Gasteiger partial charge in [-0.2, -0.15) is 0 Å². The van der Waals surface area contributed by atoms with Crippen LogP contribution in [0, 0.1) is 5.92 Å². The number of rotatable bonds is 2. The van der Waals surface area contributed by atoms with E-state index in [0.29, 0.717) is 6.42 Å². The first kappa shape index (κ1) is 10.5. The Labute approximate surface area is 79.6 Å². The predicted molar refractivity (Wildman–Crippen MR) is 52.4 cm³/mol. The first-order valence-corrected chi connectivity index (χ1v) is 5.09. The van der Waals surface area contributed by atoms with Gasteiger partial charge in [0.05, 0.1) is 6.10 Å². The monoisotopic (exact) mass is 182 g/mol. The molecule has 0 aliphatic heterocycles. The normalized spacial score (nSPS) is 27.5. The highest BCUT2D eigenvalue weighted by Crippen LogP contribution is 2.22. The average molecular weight is 182 g/mol. The Bertz CT molecular complexity index is 187. The third-order valence-corrected chi connectivity index (χ3v) is 2.76. The topological polar surface area (TPSA) is 37.3 Å². The van der Waals surface area contributed by atoms with Gasteiger partial charge in [0.1, 0.15) is 5.78 Å². The molecule has 0 radical (unpaired) electrons. The van der Waals surface area contributed by atoms with Crippen LogP contribution in [0.5, 0.6) is 0 Å². The van der Waals surface area contributed by atoms with Crippen molar-refractivity contribution >= 4 is 5.78 Å². The molecular weight excluding hydrogens is 164 g/mol. The highest BCUT2D eigenvalue weighted by atomic mass is 16.3. The van der Waals surface area contributed by atoms with E-state index in [1.165, 1.54) is 12.5 Å². The van der Waals surface area contributed by atoms with Gasteiger partial charge in [-0.15, -0.1) is 6.58 Å². The van der Waals surface area contributed by atoms with Crippen molar-refractivity contribution in [1.82, 2.24) is 0 Å². The van der Waals surface area contributed by atoms with Crippen molar-refractivity contribution in [2.45, 2.75) is 44.6 Å². The number of aliphatic hydroxyl groups is 1. The average Bonchev–Trinajstić information content (AvgIpc) is 2.11.